The number of fused-ring (bicyclic) bond motifs is 1. The van der Waals surface area contributed by atoms with Crippen LogP contribution in [0, 0.1) is 0 Å². The Bertz CT molecular complexity index is 964. The SMILES string of the molecule is FC(F)(F)c1ccc(Nc2nncc(Nc3ccc4c(c3)OCO4)n2)cc1. The first-order chi connectivity index (χ1) is 13.0. The van der Waals surface area contributed by atoms with Gasteiger partial charge in [0.25, 0.3) is 0 Å². The Hall–Kier alpha value is -3.56. The third-order valence-corrected chi connectivity index (χ3v) is 3.67. The maximum Gasteiger partial charge on any atom is 0.416 e. The van der Waals surface area contributed by atoms with Crippen molar-refractivity contribution in [3.63, 3.8) is 0 Å². The van der Waals surface area contributed by atoms with Crippen molar-refractivity contribution < 1.29 is 22.6 Å². The smallest absolute Gasteiger partial charge is 0.416 e. The Labute approximate surface area is 151 Å². The first kappa shape index (κ1) is 16.9. The molecule has 1 aromatic heterocycles. The predicted molar refractivity (Wildman–Crippen MR) is 90.4 cm³/mol. The summed E-state index contributed by atoms with van der Waals surface area (Å²) in [6, 6.07) is 9.86. The van der Waals surface area contributed by atoms with Gasteiger partial charge in [0.05, 0.1) is 11.8 Å². The Morgan fingerprint density at radius 1 is 0.889 bits per heavy atom. The number of hydrogen-bond donors (Lipinski definition) is 2. The molecule has 138 valence electrons. The molecule has 0 bridgehead atoms. The summed E-state index contributed by atoms with van der Waals surface area (Å²) < 4.78 is 48.4. The maximum atomic E-state index is 12.6. The zero-order chi connectivity index (χ0) is 18.9. The van der Waals surface area contributed by atoms with Gasteiger partial charge < -0.3 is 20.1 Å². The molecule has 2 N–H and O–H groups in total. The molecular formula is C17H12F3N5O2. The van der Waals surface area contributed by atoms with Crippen molar-refractivity contribution in [2.24, 2.45) is 0 Å². The van der Waals surface area contributed by atoms with Crippen molar-refractivity contribution in [2.75, 3.05) is 17.4 Å². The summed E-state index contributed by atoms with van der Waals surface area (Å²) in [6.45, 7) is 0.176. The van der Waals surface area contributed by atoms with Gasteiger partial charge in [-0.2, -0.15) is 23.3 Å². The van der Waals surface area contributed by atoms with Crippen molar-refractivity contribution in [3.05, 3.63) is 54.2 Å². The Morgan fingerprint density at radius 3 is 2.41 bits per heavy atom. The van der Waals surface area contributed by atoms with Crippen LogP contribution in [-0.2, 0) is 6.18 Å². The molecule has 27 heavy (non-hydrogen) atoms. The monoisotopic (exact) mass is 375 g/mol. The predicted octanol–water partition coefficient (Wildman–Crippen LogP) is 4.11. The van der Waals surface area contributed by atoms with Crippen molar-refractivity contribution in [2.45, 2.75) is 6.18 Å². The second kappa shape index (κ2) is 6.63. The largest absolute Gasteiger partial charge is 0.454 e. The van der Waals surface area contributed by atoms with E-state index in [1.165, 1.54) is 18.3 Å². The van der Waals surface area contributed by atoms with Crippen LogP contribution in [0.3, 0.4) is 0 Å². The van der Waals surface area contributed by atoms with Crippen LogP contribution in [-0.4, -0.2) is 22.0 Å². The third-order valence-electron chi connectivity index (χ3n) is 3.67. The fourth-order valence-electron chi connectivity index (χ4n) is 2.41. The summed E-state index contributed by atoms with van der Waals surface area (Å²) in [5.41, 5.74) is 0.385. The van der Waals surface area contributed by atoms with Gasteiger partial charge in [0.1, 0.15) is 0 Å². The normalized spacial score (nSPS) is 12.7. The number of aromatic nitrogens is 3. The Kier molecular flexibility index (Phi) is 4.15. The molecule has 7 nitrogen and oxygen atoms in total. The number of anilines is 4. The zero-order valence-corrected chi connectivity index (χ0v) is 13.6. The molecule has 4 rings (SSSR count). The van der Waals surface area contributed by atoms with Crippen LogP contribution in [0.25, 0.3) is 0 Å². The summed E-state index contributed by atoms with van der Waals surface area (Å²) >= 11 is 0. The molecule has 1 aliphatic heterocycles. The average Bonchev–Trinajstić information content (AvgIpc) is 3.09. The Morgan fingerprint density at radius 2 is 1.63 bits per heavy atom. The highest BCUT2D eigenvalue weighted by Crippen LogP contribution is 2.35. The van der Waals surface area contributed by atoms with Gasteiger partial charge in [0.15, 0.2) is 17.3 Å². The van der Waals surface area contributed by atoms with Gasteiger partial charge in [-0.15, -0.1) is 5.10 Å². The number of hydrogen-bond acceptors (Lipinski definition) is 7. The molecule has 0 aliphatic carbocycles. The van der Waals surface area contributed by atoms with Gasteiger partial charge in [-0.3, -0.25) is 0 Å². The summed E-state index contributed by atoms with van der Waals surface area (Å²) in [4.78, 5) is 4.24. The number of rotatable bonds is 4. The van der Waals surface area contributed by atoms with E-state index >= 15 is 0 Å². The summed E-state index contributed by atoms with van der Waals surface area (Å²) in [5, 5.41) is 13.5. The van der Waals surface area contributed by atoms with Gasteiger partial charge in [0.2, 0.25) is 12.7 Å². The van der Waals surface area contributed by atoms with Crippen molar-refractivity contribution in [1.82, 2.24) is 15.2 Å². The molecule has 10 heteroatoms. The highest BCUT2D eigenvalue weighted by atomic mass is 19.4. The number of halogens is 3. The van der Waals surface area contributed by atoms with Gasteiger partial charge >= 0.3 is 6.18 Å². The number of nitrogens with zero attached hydrogens (tertiary/aromatic N) is 3. The molecule has 0 unspecified atom stereocenters. The van der Waals surface area contributed by atoms with Crippen LogP contribution in [0.2, 0.25) is 0 Å². The fraction of sp³-hybridized carbons (Fsp3) is 0.118. The lowest BCUT2D eigenvalue weighted by Crippen LogP contribution is -2.05. The van der Waals surface area contributed by atoms with E-state index in [2.05, 4.69) is 25.8 Å². The number of benzene rings is 2. The second-order valence-electron chi connectivity index (χ2n) is 5.56. The van der Waals surface area contributed by atoms with Crippen LogP contribution < -0.4 is 20.1 Å². The van der Waals surface area contributed by atoms with E-state index in [0.717, 1.165) is 12.1 Å². The molecule has 0 amide bonds. The number of alkyl halides is 3. The highest BCUT2D eigenvalue weighted by Gasteiger charge is 2.29. The lowest BCUT2D eigenvalue weighted by molar-refractivity contribution is -0.137. The topological polar surface area (TPSA) is 81.2 Å². The summed E-state index contributed by atoms with van der Waals surface area (Å²) in [5.74, 6) is 1.81. The summed E-state index contributed by atoms with van der Waals surface area (Å²) in [7, 11) is 0. The highest BCUT2D eigenvalue weighted by molar-refractivity contribution is 5.62. The van der Waals surface area contributed by atoms with Crippen LogP contribution in [0.4, 0.5) is 36.3 Å². The minimum Gasteiger partial charge on any atom is -0.454 e. The lowest BCUT2D eigenvalue weighted by Gasteiger charge is -2.10. The molecule has 2 heterocycles. The van der Waals surface area contributed by atoms with Crippen LogP contribution in [0.1, 0.15) is 5.56 Å². The first-order valence-corrected chi connectivity index (χ1v) is 7.78. The Balaban J connectivity index is 1.47. The van der Waals surface area contributed by atoms with Gasteiger partial charge in [-0.25, -0.2) is 0 Å². The van der Waals surface area contributed by atoms with E-state index in [1.807, 2.05) is 0 Å². The summed E-state index contributed by atoms with van der Waals surface area (Å²) in [6.07, 6.45) is -2.96. The molecule has 1 aliphatic rings. The van der Waals surface area contributed by atoms with Crippen LogP contribution in [0.15, 0.2) is 48.7 Å². The average molecular weight is 375 g/mol. The fourth-order valence-corrected chi connectivity index (χ4v) is 2.41. The van der Waals surface area contributed by atoms with Crippen molar-refractivity contribution in [1.29, 1.82) is 0 Å². The van der Waals surface area contributed by atoms with Crippen LogP contribution >= 0.6 is 0 Å². The van der Waals surface area contributed by atoms with Crippen molar-refractivity contribution in [3.8, 4) is 11.5 Å². The van der Waals surface area contributed by atoms with E-state index < -0.39 is 11.7 Å². The molecule has 0 saturated heterocycles. The molecule has 2 aromatic carbocycles. The minimum absolute atomic E-state index is 0.139. The van der Waals surface area contributed by atoms with E-state index in [-0.39, 0.29) is 12.7 Å². The van der Waals surface area contributed by atoms with Crippen molar-refractivity contribution >= 4 is 23.1 Å². The number of ether oxygens (including phenoxy) is 2. The quantitative estimate of drug-likeness (QED) is 0.710. The van der Waals surface area contributed by atoms with E-state index in [0.29, 0.717) is 28.7 Å². The lowest BCUT2D eigenvalue weighted by atomic mass is 10.2. The van der Waals surface area contributed by atoms with Gasteiger partial charge in [-0.05, 0) is 36.4 Å². The second-order valence-corrected chi connectivity index (χ2v) is 5.56. The molecule has 0 saturated carbocycles. The minimum atomic E-state index is -4.38. The van der Waals surface area contributed by atoms with E-state index in [9.17, 15) is 13.2 Å². The maximum absolute atomic E-state index is 12.6. The third kappa shape index (κ3) is 3.84. The van der Waals surface area contributed by atoms with E-state index in [4.69, 9.17) is 9.47 Å². The molecular weight excluding hydrogens is 363 g/mol. The van der Waals surface area contributed by atoms with Gasteiger partial charge in [0, 0.05) is 17.4 Å². The van der Waals surface area contributed by atoms with Gasteiger partial charge in [-0.1, -0.05) is 0 Å². The molecule has 0 atom stereocenters. The van der Waals surface area contributed by atoms with Crippen LogP contribution in [0.5, 0.6) is 11.5 Å². The standard InChI is InChI=1S/C17H12F3N5O2/c18-17(19,20)10-1-3-11(4-2-10)23-16-24-15(8-21-25-16)22-12-5-6-13-14(7-12)27-9-26-13/h1-8H,9H2,(H2,22,23,24,25). The molecule has 0 fully saturated rings. The van der Waals surface area contributed by atoms with E-state index in [1.54, 1.807) is 18.2 Å². The molecule has 0 spiro atoms. The molecule has 0 radical (unpaired) electrons. The molecule has 3 aromatic rings. The first-order valence-electron chi connectivity index (χ1n) is 7.78. The number of nitrogens with one attached hydrogen (secondary N) is 2. The zero-order valence-electron chi connectivity index (χ0n) is 13.6.